The largest absolute Gasteiger partial charge is 0.391 e. The van der Waals surface area contributed by atoms with Crippen LogP contribution in [0.1, 0.15) is 47.1 Å². The van der Waals surface area contributed by atoms with Crippen molar-refractivity contribution in [3.63, 3.8) is 0 Å². The number of β-amino-alcohol motifs (C(OH)–C–C–N with tert-alkyl or cyclic N) is 1. The van der Waals surface area contributed by atoms with Crippen LogP contribution in [0.15, 0.2) is 30.3 Å². The summed E-state index contributed by atoms with van der Waals surface area (Å²) < 4.78 is 2.12. The van der Waals surface area contributed by atoms with Crippen molar-refractivity contribution in [1.82, 2.24) is 15.2 Å². The van der Waals surface area contributed by atoms with E-state index in [1.165, 1.54) is 5.56 Å². The molecule has 3 N–H and O–H groups in total. The number of carbonyl (C=O) groups is 1. The molecule has 1 amide bonds. The van der Waals surface area contributed by atoms with E-state index in [2.05, 4.69) is 53.3 Å². The van der Waals surface area contributed by atoms with Crippen LogP contribution < -0.4 is 10.6 Å². The number of carbonyl (C=O) groups excluding carboxylic acids is 1. The summed E-state index contributed by atoms with van der Waals surface area (Å²) in [4.78, 5) is 12.6. The fourth-order valence-electron chi connectivity index (χ4n) is 3.64. The van der Waals surface area contributed by atoms with Gasteiger partial charge in [0.1, 0.15) is 0 Å². The van der Waals surface area contributed by atoms with Gasteiger partial charge in [-0.2, -0.15) is 0 Å². The SMILES string of the molecule is Cc1cc(C(=O)NCC2CNCC2O)c(C)n1-c1ccc(C(C)C)cc1. The summed E-state index contributed by atoms with van der Waals surface area (Å²) in [6.45, 7) is 10.2. The molecule has 0 aliphatic carbocycles. The lowest BCUT2D eigenvalue weighted by Crippen LogP contribution is -2.34. The molecule has 3 rings (SSSR count). The average molecular weight is 355 g/mol. The molecular weight excluding hydrogens is 326 g/mol. The van der Waals surface area contributed by atoms with Crippen molar-refractivity contribution in [3.05, 3.63) is 52.8 Å². The van der Waals surface area contributed by atoms with Crippen LogP contribution in [0.2, 0.25) is 0 Å². The molecule has 2 aromatic rings. The maximum absolute atomic E-state index is 12.6. The van der Waals surface area contributed by atoms with E-state index >= 15 is 0 Å². The van der Waals surface area contributed by atoms with Gasteiger partial charge in [0.25, 0.3) is 5.91 Å². The van der Waals surface area contributed by atoms with E-state index in [-0.39, 0.29) is 17.9 Å². The van der Waals surface area contributed by atoms with Gasteiger partial charge in [-0.15, -0.1) is 0 Å². The topological polar surface area (TPSA) is 66.3 Å². The fraction of sp³-hybridized carbons (Fsp3) is 0.476. The third-order valence-corrected chi connectivity index (χ3v) is 5.32. The van der Waals surface area contributed by atoms with Crippen molar-refractivity contribution in [3.8, 4) is 5.69 Å². The number of rotatable bonds is 5. The predicted octanol–water partition coefficient (Wildman–Crippen LogP) is 2.53. The summed E-state index contributed by atoms with van der Waals surface area (Å²) in [6.07, 6.45) is -0.387. The average Bonchev–Trinajstić information content (AvgIpc) is 3.15. The highest BCUT2D eigenvalue weighted by Crippen LogP contribution is 2.23. The zero-order valence-electron chi connectivity index (χ0n) is 16.0. The lowest BCUT2D eigenvalue weighted by molar-refractivity contribution is 0.0926. The number of benzene rings is 1. The van der Waals surface area contributed by atoms with Crippen molar-refractivity contribution in [2.24, 2.45) is 5.92 Å². The van der Waals surface area contributed by atoms with Gasteiger partial charge in [-0.3, -0.25) is 4.79 Å². The van der Waals surface area contributed by atoms with Crippen molar-refractivity contribution in [2.45, 2.75) is 39.7 Å². The molecule has 0 bridgehead atoms. The van der Waals surface area contributed by atoms with E-state index in [4.69, 9.17) is 0 Å². The summed E-state index contributed by atoms with van der Waals surface area (Å²) in [5, 5.41) is 16.0. The predicted molar refractivity (Wildman–Crippen MR) is 104 cm³/mol. The number of nitrogens with zero attached hydrogens (tertiary/aromatic N) is 1. The molecule has 1 aliphatic heterocycles. The Kier molecular flexibility index (Phi) is 5.49. The zero-order valence-corrected chi connectivity index (χ0v) is 16.0. The minimum atomic E-state index is -0.387. The molecule has 2 unspecified atom stereocenters. The van der Waals surface area contributed by atoms with Gasteiger partial charge in [0, 0.05) is 42.6 Å². The highest BCUT2D eigenvalue weighted by molar-refractivity contribution is 5.95. The van der Waals surface area contributed by atoms with Crippen LogP contribution in [0, 0.1) is 19.8 Å². The molecule has 26 heavy (non-hydrogen) atoms. The van der Waals surface area contributed by atoms with Gasteiger partial charge < -0.3 is 20.3 Å². The Bertz CT molecular complexity index is 777. The first kappa shape index (κ1) is 18.7. The Morgan fingerprint density at radius 2 is 1.96 bits per heavy atom. The third-order valence-electron chi connectivity index (χ3n) is 5.32. The zero-order chi connectivity index (χ0) is 18.8. The molecule has 1 saturated heterocycles. The Balaban J connectivity index is 1.77. The number of nitrogens with one attached hydrogen (secondary N) is 2. The van der Waals surface area contributed by atoms with Gasteiger partial charge in [-0.05, 0) is 43.5 Å². The minimum Gasteiger partial charge on any atom is -0.391 e. The van der Waals surface area contributed by atoms with Crippen LogP contribution in [-0.2, 0) is 0 Å². The molecule has 5 nitrogen and oxygen atoms in total. The standard InChI is InChI=1S/C21H29N3O2/c1-13(2)16-5-7-18(8-6-16)24-14(3)9-19(15(24)4)21(26)23-11-17-10-22-12-20(17)25/h5-9,13,17,20,22,25H,10-12H2,1-4H3,(H,23,26). The molecule has 1 aromatic heterocycles. The minimum absolute atomic E-state index is 0.0750. The van der Waals surface area contributed by atoms with E-state index in [0.29, 0.717) is 24.6 Å². The molecular formula is C21H29N3O2. The Hall–Kier alpha value is -2.11. The maximum atomic E-state index is 12.6. The number of aliphatic hydroxyl groups excluding tert-OH is 1. The van der Waals surface area contributed by atoms with E-state index < -0.39 is 0 Å². The number of hydrogen-bond acceptors (Lipinski definition) is 3. The fourth-order valence-corrected chi connectivity index (χ4v) is 3.64. The summed E-state index contributed by atoms with van der Waals surface area (Å²) >= 11 is 0. The highest BCUT2D eigenvalue weighted by Gasteiger charge is 2.26. The van der Waals surface area contributed by atoms with Gasteiger partial charge in [0.15, 0.2) is 0 Å². The van der Waals surface area contributed by atoms with Crippen LogP contribution in [0.25, 0.3) is 5.69 Å². The monoisotopic (exact) mass is 355 g/mol. The van der Waals surface area contributed by atoms with Crippen molar-refractivity contribution in [2.75, 3.05) is 19.6 Å². The molecule has 0 radical (unpaired) electrons. The van der Waals surface area contributed by atoms with Gasteiger partial charge in [-0.25, -0.2) is 0 Å². The number of aryl methyl sites for hydroxylation is 1. The Morgan fingerprint density at radius 1 is 1.27 bits per heavy atom. The summed E-state index contributed by atoms with van der Waals surface area (Å²) in [5.74, 6) is 0.492. The molecule has 1 fully saturated rings. The lowest BCUT2D eigenvalue weighted by Gasteiger charge is -2.14. The molecule has 5 heteroatoms. The van der Waals surface area contributed by atoms with E-state index in [1.54, 1.807) is 0 Å². The Labute approximate surface area is 155 Å². The van der Waals surface area contributed by atoms with Gasteiger partial charge >= 0.3 is 0 Å². The maximum Gasteiger partial charge on any atom is 0.253 e. The van der Waals surface area contributed by atoms with E-state index in [1.807, 2.05) is 19.9 Å². The number of aliphatic hydroxyl groups is 1. The van der Waals surface area contributed by atoms with Gasteiger partial charge in [0.2, 0.25) is 0 Å². The van der Waals surface area contributed by atoms with Crippen LogP contribution in [0.5, 0.6) is 0 Å². The first-order chi connectivity index (χ1) is 12.4. The van der Waals surface area contributed by atoms with Crippen LogP contribution >= 0.6 is 0 Å². The molecule has 1 aromatic carbocycles. The van der Waals surface area contributed by atoms with Gasteiger partial charge in [-0.1, -0.05) is 26.0 Å². The molecule has 1 aliphatic rings. The second-order valence-corrected chi connectivity index (χ2v) is 7.56. The van der Waals surface area contributed by atoms with Crippen molar-refractivity contribution in [1.29, 1.82) is 0 Å². The molecule has 140 valence electrons. The smallest absolute Gasteiger partial charge is 0.253 e. The molecule has 0 spiro atoms. The summed E-state index contributed by atoms with van der Waals surface area (Å²) in [5.41, 5.74) is 5.03. The van der Waals surface area contributed by atoms with E-state index in [9.17, 15) is 9.90 Å². The lowest BCUT2D eigenvalue weighted by atomic mass is 10.0. The van der Waals surface area contributed by atoms with Crippen molar-refractivity contribution < 1.29 is 9.90 Å². The second-order valence-electron chi connectivity index (χ2n) is 7.56. The van der Waals surface area contributed by atoms with Gasteiger partial charge in [0.05, 0.1) is 11.7 Å². The summed E-state index contributed by atoms with van der Waals surface area (Å²) in [6, 6.07) is 10.4. The van der Waals surface area contributed by atoms with Crippen LogP contribution in [0.3, 0.4) is 0 Å². The molecule has 2 heterocycles. The first-order valence-corrected chi connectivity index (χ1v) is 9.34. The number of hydrogen-bond donors (Lipinski definition) is 3. The summed E-state index contributed by atoms with van der Waals surface area (Å²) in [7, 11) is 0. The number of aromatic nitrogens is 1. The van der Waals surface area contributed by atoms with E-state index in [0.717, 1.165) is 23.6 Å². The van der Waals surface area contributed by atoms with Crippen LogP contribution in [-0.4, -0.2) is 41.3 Å². The third kappa shape index (κ3) is 3.69. The molecule has 2 atom stereocenters. The highest BCUT2D eigenvalue weighted by atomic mass is 16.3. The quantitative estimate of drug-likeness (QED) is 0.772. The van der Waals surface area contributed by atoms with Crippen molar-refractivity contribution >= 4 is 5.91 Å². The number of amides is 1. The van der Waals surface area contributed by atoms with Crippen LogP contribution in [0.4, 0.5) is 0 Å². The normalized spacial score (nSPS) is 19.9. The second kappa shape index (κ2) is 7.64. The molecule has 0 saturated carbocycles. The Morgan fingerprint density at radius 3 is 2.54 bits per heavy atom. The first-order valence-electron chi connectivity index (χ1n) is 9.34.